The van der Waals surface area contributed by atoms with Gasteiger partial charge in [-0.1, -0.05) is 11.6 Å². The molecule has 2 rings (SSSR count). The highest BCUT2D eigenvalue weighted by molar-refractivity contribution is 9.10. The highest BCUT2D eigenvalue weighted by Crippen LogP contribution is 2.31. The number of nitrogens with zero attached hydrogens (tertiary/aromatic N) is 1. The van der Waals surface area contributed by atoms with E-state index in [1.807, 2.05) is 19.1 Å². The van der Waals surface area contributed by atoms with E-state index in [4.69, 9.17) is 21.1 Å². The first kappa shape index (κ1) is 13.2. The van der Waals surface area contributed by atoms with Crippen LogP contribution < -0.4 is 9.47 Å². The Kier molecular flexibility index (Phi) is 4.44. The maximum Gasteiger partial charge on any atom is 0.219 e. The zero-order valence-corrected chi connectivity index (χ0v) is 12.0. The minimum atomic E-state index is 0.490. The van der Waals surface area contributed by atoms with E-state index in [1.54, 1.807) is 24.4 Å². The molecule has 0 aliphatic heterocycles. The predicted octanol–water partition coefficient (Wildman–Crippen LogP) is 4.69. The van der Waals surface area contributed by atoms with E-state index >= 15 is 0 Å². The molecule has 0 spiro atoms. The average molecular weight is 329 g/mol. The second kappa shape index (κ2) is 6.07. The van der Waals surface area contributed by atoms with Gasteiger partial charge in [0.15, 0.2) is 0 Å². The molecule has 94 valence electrons. The Morgan fingerprint density at radius 1 is 1.28 bits per heavy atom. The normalized spacial score (nSPS) is 10.2. The van der Waals surface area contributed by atoms with Gasteiger partial charge in [-0.2, -0.15) is 0 Å². The summed E-state index contributed by atoms with van der Waals surface area (Å²) in [6.07, 6.45) is 1.66. The van der Waals surface area contributed by atoms with Crippen LogP contribution in [0.15, 0.2) is 41.0 Å². The molecule has 0 fully saturated rings. The summed E-state index contributed by atoms with van der Waals surface area (Å²) in [6, 6.07) is 8.90. The molecule has 3 nitrogen and oxygen atoms in total. The molecule has 18 heavy (non-hydrogen) atoms. The number of rotatable bonds is 4. The summed E-state index contributed by atoms with van der Waals surface area (Å²) in [4.78, 5) is 4.11. The van der Waals surface area contributed by atoms with E-state index in [2.05, 4.69) is 20.9 Å². The lowest BCUT2D eigenvalue weighted by Crippen LogP contribution is -1.92. The van der Waals surface area contributed by atoms with Crippen LogP contribution in [-0.2, 0) is 0 Å². The fraction of sp³-hybridized carbons (Fsp3) is 0.154. The van der Waals surface area contributed by atoms with Crippen molar-refractivity contribution in [3.05, 3.63) is 46.0 Å². The first-order valence-electron chi connectivity index (χ1n) is 5.41. The first-order valence-corrected chi connectivity index (χ1v) is 6.58. The predicted molar refractivity (Wildman–Crippen MR) is 74.6 cm³/mol. The van der Waals surface area contributed by atoms with Crippen LogP contribution in [-0.4, -0.2) is 11.6 Å². The van der Waals surface area contributed by atoms with E-state index < -0.39 is 0 Å². The molecule has 0 N–H and O–H groups in total. The Hall–Kier alpha value is -1.26. The summed E-state index contributed by atoms with van der Waals surface area (Å²) in [7, 11) is 0. The van der Waals surface area contributed by atoms with E-state index in [0.29, 0.717) is 23.3 Å². The molecule has 0 amide bonds. The van der Waals surface area contributed by atoms with Crippen molar-refractivity contribution < 1.29 is 9.47 Å². The minimum absolute atomic E-state index is 0.490. The van der Waals surface area contributed by atoms with Gasteiger partial charge in [0.1, 0.15) is 11.5 Å². The fourth-order valence-electron chi connectivity index (χ4n) is 1.36. The van der Waals surface area contributed by atoms with E-state index in [-0.39, 0.29) is 0 Å². The maximum atomic E-state index is 6.10. The average Bonchev–Trinajstić information content (AvgIpc) is 2.36. The van der Waals surface area contributed by atoms with Gasteiger partial charge < -0.3 is 9.47 Å². The molecule has 0 bridgehead atoms. The van der Waals surface area contributed by atoms with E-state index in [1.165, 1.54) is 0 Å². The van der Waals surface area contributed by atoms with Gasteiger partial charge in [-0.25, -0.2) is 4.98 Å². The third kappa shape index (κ3) is 3.37. The molecular formula is C13H11BrClNO2. The number of pyridine rings is 1. The van der Waals surface area contributed by atoms with Crippen LogP contribution in [0.3, 0.4) is 0 Å². The molecule has 0 unspecified atom stereocenters. The Labute approximate surface area is 119 Å². The third-order valence-corrected chi connectivity index (χ3v) is 2.89. The number of halogens is 2. The second-order valence-electron chi connectivity index (χ2n) is 3.44. The van der Waals surface area contributed by atoms with Crippen LogP contribution in [0.25, 0.3) is 0 Å². The van der Waals surface area contributed by atoms with Crippen LogP contribution in [0.4, 0.5) is 0 Å². The monoisotopic (exact) mass is 327 g/mol. The molecule has 0 saturated carbocycles. The summed E-state index contributed by atoms with van der Waals surface area (Å²) in [5, 5.41) is 0.491. The van der Waals surface area contributed by atoms with Crippen molar-refractivity contribution >= 4 is 27.5 Å². The number of ether oxygens (including phenoxy) is 2. The Bertz CT molecular complexity index is 531. The summed E-state index contributed by atoms with van der Waals surface area (Å²) < 4.78 is 11.8. The Balaban J connectivity index is 2.16. The lowest BCUT2D eigenvalue weighted by Gasteiger charge is -2.08. The van der Waals surface area contributed by atoms with Crippen LogP contribution in [0.2, 0.25) is 5.02 Å². The van der Waals surface area contributed by atoms with E-state index in [9.17, 15) is 0 Å². The summed E-state index contributed by atoms with van der Waals surface area (Å²) in [5.41, 5.74) is 0. The lowest BCUT2D eigenvalue weighted by atomic mass is 10.3. The molecule has 2 aromatic rings. The van der Waals surface area contributed by atoms with Gasteiger partial charge >= 0.3 is 0 Å². The molecule has 0 saturated heterocycles. The smallest absolute Gasteiger partial charge is 0.219 e. The molecule has 1 aromatic heterocycles. The number of benzene rings is 1. The zero-order valence-electron chi connectivity index (χ0n) is 9.69. The molecular weight excluding hydrogens is 318 g/mol. The van der Waals surface area contributed by atoms with Crippen LogP contribution in [0.5, 0.6) is 17.4 Å². The van der Waals surface area contributed by atoms with Crippen LogP contribution in [0.1, 0.15) is 6.92 Å². The lowest BCUT2D eigenvalue weighted by molar-refractivity contribution is 0.339. The maximum absolute atomic E-state index is 6.10. The number of aromatic nitrogens is 1. The van der Waals surface area contributed by atoms with Crippen molar-refractivity contribution in [2.45, 2.75) is 6.92 Å². The fourth-order valence-corrected chi connectivity index (χ4v) is 1.80. The van der Waals surface area contributed by atoms with Gasteiger partial charge in [0.2, 0.25) is 5.88 Å². The SMILES string of the molecule is CCOc1ccc(Oc2ccc(Br)cn2)c(Cl)c1. The molecule has 5 heteroatoms. The van der Waals surface area contributed by atoms with Crippen molar-refractivity contribution in [2.24, 2.45) is 0 Å². The van der Waals surface area contributed by atoms with Crippen molar-refractivity contribution in [1.82, 2.24) is 4.98 Å². The number of hydrogen-bond donors (Lipinski definition) is 0. The molecule has 0 aliphatic carbocycles. The van der Waals surface area contributed by atoms with Gasteiger partial charge in [0, 0.05) is 22.8 Å². The molecule has 0 atom stereocenters. The summed E-state index contributed by atoms with van der Waals surface area (Å²) >= 11 is 9.42. The van der Waals surface area contributed by atoms with Crippen molar-refractivity contribution in [1.29, 1.82) is 0 Å². The Morgan fingerprint density at radius 3 is 2.72 bits per heavy atom. The van der Waals surface area contributed by atoms with Gasteiger partial charge in [0.05, 0.1) is 11.6 Å². The van der Waals surface area contributed by atoms with Crippen molar-refractivity contribution in [3.63, 3.8) is 0 Å². The van der Waals surface area contributed by atoms with Gasteiger partial charge in [-0.3, -0.25) is 0 Å². The molecule has 0 radical (unpaired) electrons. The largest absolute Gasteiger partial charge is 0.494 e. The van der Waals surface area contributed by atoms with Crippen LogP contribution in [0, 0.1) is 0 Å². The quantitative estimate of drug-likeness (QED) is 0.816. The summed E-state index contributed by atoms with van der Waals surface area (Å²) in [6.45, 7) is 2.52. The highest BCUT2D eigenvalue weighted by Gasteiger charge is 2.05. The van der Waals surface area contributed by atoms with Crippen LogP contribution >= 0.6 is 27.5 Å². The minimum Gasteiger partial charge on any atom is -0.494 e. The first-order chi connectivity index (χ1) is 8.69. The second-order valence-corrected chi connectivity index (χ2v) is 4.76. The molecule has 1 aromatic carbocycles. The Morgan fingerprint density at radius 2 is 2.11 bits per heavy atom. The standard InChI is InChI=1S/C13H11BrClNO2/c1-2-17-10-4-5-12(11(15)7-10)18-13-6-3-9(14)8-16-13/h3-8H,2H2,1H3. The molecule has 1 heterocycles. The van der Waals surface area contributed by atoms with Crippen molar-refractivity contribution in [2.75, 3.05) is 6.61 Å². The highest BCUT2D eigenvalue weighted by atomic mass is 79.9. The zero-order chi connectivity index (χ0) is 13.0. The topological polar surface area (TPSA) is 31.4 Å². The third-order valence-electron chi connectivity index (χ3n) is 2.13. The van der Waals surface area contributed by atoms with Gasteiger partial charge in [0.25, 0.3) is 0 Å². The van der Waals surface area contributed by atoms with E-state index in [0.717, 1.165) is 10.2 Å². The number of hydrogen-bond acceptors (Lipinski definition) is 3. The molecule has 0 aliphatic rings. The van der Waals surface area contributed by atoms with Gasteiger partial charge in [-0.15, -0.1) is 0 Å². The van der Waals surface area contributed by atoms with Gasteiger partial charge in [-0.05, 0) is 41.1 Å². The summed E-state index contributed by atoms with van der Waals surface area (Å²) in [5.74, 6) is 1.76. The van der Waals surface area contributed by atoms with Crippen molar-refractivity contribution in [3.8, 4) is 17.4 Å².